The Labute approximate surface area is 270 Å². The molecule has 1 fully saturated rings. The summed E-state index contributed by atoms with van der Waals surface area (Å²) in [6.45, 7) is 18.1. The number of halogens is 1. The third kappa shape index (κ3) is 9.15. The van der Waals surface area contributed by atoms with Crippen LogP contribution in [0.15, 0.2) is 49.1 Å². The fourth-order valence-electron chi connectivity index (χ4n) is 4.23. The van der Waals surface area contributed by atoms with E-state index in [4.69, 9.17) is 18.8 Å². The highest BCUT2D eigenvalue weighted by molar-refractivity contribution is 9.08. The molecule has 0 radical (unpaired) electrons. The molecule has 44 heavy (non-hydrogen) atoms. The van der Waals surface area contributed by atoms with Crippen LogP contribution >= 0.6 is 15.9 Å². The van der Waals surface area contributed by atoms with Crippen LogP contribution in [0.3, 0.4) is 0 Å². The first-order chi connectivity index (χ1) is 20.9. The van der Waals surface area contributed by atoms with Gasteiger partial charge in [0.15, 0.2) is 0 Å². The lowest BCUT2D eigenvalue weighted by Crippen LogP contribution is -2.41. The van der Waals surface area contributed by atoms with Crippen molar-refractivity contribution in [3.63, 3.8) is 0 Å². The highest BCUT2D eigenvalue weighted by Gasteiger charge is 2.52. The summed E-state index contributed by atoms with van der Waals surface area (Å²) in [4.78, 5) is 8.58. The Hall–Kier alpha value is -3.22. The van der Waals surface area contributed by atoms with Crippen molar-refractivity contribution >= 4 is 28.5 Å². The van der Waals surface area contributed by atoms with E-state index < -0.39 is 0 Å². The summed E-state index contributed by atoms with van der Waals surface area (Å²) < 4.78 is 25.7. The number of alkyl halides is 1. The Bertz CT molecular complexity index is 1470. The van der Waals surface area contributed by atoms with E-state index in [0.29, 0.717) is 11.8 Å². The van der Waals surface area contributed by atoms with Crippen molar-refractivity contribution in [2.75, 3.05) is 14.2 Å². The van der Waals surface area contributed by atoms with Crippen LogP contribution in [-0.2, 0) is 34.1 Å². The normalized spacial score (nSPS) is 14.8. The number of aryl methyl sites for hydroxylation is 4. The highest BCUT2D eigenvalue weighted by atomic mass is 79.9. The van der Waals surface area contributed by atoms with Gasteiger partial charge in [-0.1, -0.05) is 28.1 Å². The number of hydrogen-bond acceptors (Lipinski definition) is 8. The maximum absolute atomic E-state index is 5.93. The predicted octanol–water partition coefficient (Wildman–Crippen LogP) is 5.70. The van der Waals surface area contributed by atoms with Crippen LogP contribution in [0.4, 0.5) is 0 Å². The van der Waals surface area contributed by atoms with Crippen LogP contribution < -0.4 is 14.9 Å². The average molecular weight is 669 g/mol. The lowest BCUT2D eigenvalue weighted by atomic mass is 9.82. The monoisotopic (exact) mass is 668 g/mol. The lowest BCUT2D eigenvalue weighted by molar-refractivity contribution is 0.00578. The van der Waals surface area contributed by atoms with E-state index in [0.717, 1.165) is 41.7 Å². The first-order valence-corrected chi connectivity index (χ1v) is 15.9. The molecule has 0 saturated carbocycles. The minimum absolute atomic E-state index is 0.286. The van der Waals surface area contributed by atoms with Gasteiger partial charge in [-0.2, -0.15) is 10.2 Å². The molecular weight excluding hydrogens is 623 g/mol. The summed E-state index contributed by atoms with van der Waals surface area (Å²) in [7, 11) is 2.95. The Morgan fingerprint density at radius 2 is 1.27 bits per heavy atom. The Morgan fingerprint density at radius 1 is 0.773 bits per heavy atom. The van der Waals surface area contributed by atoms with Crippen LogP contribution in [0.5, 0.6) is 11.8 Å². The molecule has 4 aromatic heterocycles. The van der Waals surface area contributed by atoms with Gasteiger partial charge >= 0.3 is 7.12 Å². The minimum Gasteiger partial charge on any atom is -0.481 e. The Balaban J connectivity index is 0.000000185. The summed E-state index contributed by atoms with van der Waals surface area (Å²) in [5.41, 5.74) is 6.06. The standard InChI is InChI=1S/C13H17N3O.C11H19BN2O2.C8H10BrNO/c1-4-16-9-11(8-14-16)7-12-5-6-13(17-3)15-10(12)2;1-6-14-8-9(7-13-14)12-15-10(2,3)11(4,5)16-12;1-6-7(5-9)3-4-8(10-6)11-2/h5-6,8-9H,4,7H2,1-3H3;7-8H,6H2,1-5H3;3-4H,5H2,1-2H3. The second kappa shape index (κ2) is 15.7. The molecule has 5 heterocycles. The predicted molar refractivity (Wildman–Crippen MR) is 178 cm³/mol. The molecule has 12 heteroatoms. The van der Waals surface area contributed by atoms with Gasteiger partial charge in [0.2, 0.25) is 11.8 Å². The number of rotatable bonds is 8. The molecule has 10 nitrogen and oxygen atoms in total. The maximum atomic E-state index is 5.93. The quantitative estimate of drug-likeness (QED) is 0.174. The zero-order chi connectivity index (χ0) is 32.5. The van der Waals surface area contributed by atoms with Gasteiger partial charge in [0.1, 0.15) is 0 Å². The second-order valence-electron chi connectivity index (χ2n) is 11.4. The van der Waals surface area contributed by atoms with E-state index in [9.17, 15) is 0 Å². The van der Waals surface area contributed by atoms with Crippen LogP contribution in [0.25, 0.3) is 0 Å². The summed E-state index contributed by atoms with van der Waals surface area (Å²) in [5, 5.41) is 9.34. The molecular formula is C32H46BBrN6O4. The van der Waals surface area contributed by atoms with E-state index in [-0.39, 0.29) is 18.3 Å². The third-order valence-corrected chi connectivity index (χ3v) is 8.41. The molecule has 1 aliphatic rings. The van der Waals surface area contributed by atoms with Crippen molar-refractivity contribution in [1.29, 1.82) is 0 Å². The fraction of sp³-hybridized carbons (Fsp3) is 0.500. The third-order valence-electron chi connectivity index (χ3n) is 7.81. The molecule has 0 bridgehead atoms. The van der Waals surface area contributed by atoms with Crippen molar-refractivity contribution in [1.82, 2.24) is 29.5 Å². The number of ether oxygens (including phenoxy) is 2. The molecule has 1 saturated heterocycles. The average Bonchev–Trinajstić information content (AvgIpc) is 3.72. The topological polar surface area (TPSA) is 98.3 Å². The van der Waals surface area contributed by atoms with Crippen LogP contribution in [0.1, 0.15) is 69.6 Å². The van der Waals surface area contributed by atoms with Crippen LogP contribution in [0, 0.1) is 13.8 Å². The van der Waals surface area contributed by atoms with Gasteiger partial charge in [-0.25, -0.2) is 9.97 Å². The molecule has 0 aromatic carbocycles. The van der Waals surface area contributed by atoms with E-state index >= 15 is 0 Å². The summed E-state index contributed by atoms with van der Waals surface area (Å²) in [6, 6.07) is 7.83. The zero-order valence-electron chi connectivity index (χ0n) is 27.7. The Kier molecular flexibility index (Phi) is 12.6. The molecule has 0 N–H and O–H groups in total. The van der Waals surface area contributed by atoms with Gasteiger partial charge in [-0.05, 0) is 72.1 Å². The molecule has 0 unspecified atom stereocenters. The first-order valence-electron chi connectivity index (χ1n) is 14.8. The van der Waals surface area contributed by atoms with Crippen molar-refractivity contribution in [3.8, 4) is 11.8 Å². The Morgan fingerprint density at radius 3 is 1.70 bits per heavy atom. The van der Waals surface area contributed by atoms with Crippen molar-refractivity contribution in [3.05, 3.63) is 77.1 Å². The molecule has 0 spiro atoms. The van der Waals surface area contributed by atoms with Gasteiger partial charge < -0.3 is 18.8 Å². The number of hydrogen-bond donors (Lipinski definition) is 0. The van der Waals surface area contributed by atoms with Crippen molar-refractivity contribution in [2.24, 2.45) is 0 Å². The molecule has 238 valence electrons. The van der Waals surface area contributed by atoms with E-state index in [1.165, 1.54) is 16.7 Å². The van der Waals surface area contributed by atoms with Gasteiger partial charge in [0.25, 0.3) is 0 Å². The van der Waals surface area contributed by atoms with E-state index in [1.54, 1.807) is 14.2 Å². The summed E-state index contributed by atoms with van der Waals surface area (Å²) in [6.07, 6.45) is 8.63. The van der Waals surface area contributed by atoms with Crippen molar-refractivity contribution in [2.45, 2.75) is 91.4 Å². The molecule has 4 aromatic rings. The number of nitrogens with zero attached hydrogens (tertiary/aromatic N) is 6. The van der Waals surface area contributed by atoms with Crippen LogP contribution in [0.2, 0.25) is 0 Å². The number of aromatic nitrogens is 6. The number of methoxy groups -OCH3 is 2. The highest BCUT2D eigenvalue weighted by Crippen LogP contribution is 2.36. The van der Waals surface area contributed by atoms with E-state index in [1.807, 2.05) is 60.0 Å². The summed E-state index contributed by atoms with van der Waals surface area (Å²) >= 11 is 3.37. The fourth-order valence-corrected chi connectivity index (χ4v) is 4.83. The van der Waals surface area contributed by atoms with Gasteiger partial charge in [0.05, 0.1) is 31.6 Å². The summed E-state index contributed by atoms with van der Waals surface area (Å²) in [5.74, 6) is 1.34. The molecule has 1 aliphatic heterocycles. The lowest BCUT2D eigenvalue weighted by Gasteiger charge is -2.32. The molecule has 5 rings (SSSR count). The van der Waals surface area contributed by atoms with Gasteiger partial charge in [-0.3, -0.25) is 9.36 Å². The van der Waals surface area contributed by atoms with Gasteiger partial charge in [-0.15, -0.1) is 0 Å². The van der Waals surface area contributed by atoms with Gasteiger partial charge in [0, 0.05) is 72.4 Å². The molecule has 0 atom stereocenters. The van der Waals surface area contributed by atoms with Crippen LogP contribution in [-0.4, -0.2) is 62.1 Å². The maximum Gasteiger partial charge on any atom is 0.498 e. The minimum atomic E-state index is -0.301. The molecule has 0 aliphatic carbocycles. The molecule has 0 amide bonds. The zero-order valence-corrected chi connectivity index (χ0v) is 29.3. The number of pyridine rings is 2. The van der Waals surface area contributed by atoms with Crippen molar-refractivity contribution < 1.29 is 18.8 Å². The largest absolute Gasteiger partial charge is 0.498 e. The first kappa shape index (κ1) is 35.3. The SMILES string of the molecule is CCn1cc(B2OC(C)(C)C(C)(C)O2)cn1.CCn1cc(Cc2ccc(OC)nc2C)cn1.COc1ccc(CBr)c(C)n1. The second-order valence-corrected chi connectivity index (χ2v) is 12.0. The smallest absolute Gasteiger partial charge is 0.481 e. The van der Waals surface area contributed by atoms with E-state index in [2.05, 4.69) is 89.9 Å².